The van der Waals surface area contributed by atoms with Crippen LogP contribution in [0.4, 0.5) is 0 Å². The predicted molar refractivity (Wildman–Crippen MR) is 61.6 cm³/mol. The minimum atomic E-state index is -1.90. The van der Waals surface area contributed by atoms with E-state index in [4.69, 9.17) is 10.8 Å². The topological polar surface area (TPSA) is 121 Å². The van der Waals surface area contributed by atoms with E-state index in [-0.39, 0.29) is 19.4 Å². The number of nitrogens with two attached hydrogens (primary N) is 1. The number of aliphatic carboxylic acids is 1. The number of Topliss-reactive ketones (excluding diaryl/α,β-unsaturated/α-hetero) is 1. The van der Waals surface area contributed by atoms with E-state index < -0.39 is 28.4 Å². The lowest BCUT2D eigenvalue weighted by atomic mass is 9.47. The third-order valence-electron chi connectivity index (χ3n) is 4.34. The molecule has 0 unspecified atom stereocenters. The third-order valence-corrected chi connectivity index (χ3v) is 4.34. The van der Waals surface area contributed by atoms with Crippen molar-refractivity contribution in [3.8, 4) is 0 Å². The maximum Gasteiger partial charge on any atom is 0.304 e. The summed E-state index contributed by atoms with van der Waals surface area (Å²) in [5.74, 6) is -1.62. The van der Waals surface area contributed by atoms with Gasteiger partial charge < -0.3 is 21.1 Å². The number of fused-ring (bicyclic) bond motifs is 1. The number of carbonyl (C=O) groups excluding carboxylic acids is 1. The van der Waals surface area contributed by atoms with Gasteiger partial charge in [0.1, 0.15) is 5.60 Å². The zero-order valence-electron chi connectivity index (χ0n) is 10.1. The minimum Gasteiger partial charge on any atom is -0.481 e. The summed E-state index contributed by atoms with van der Waals surface area (Å²) in [6, 6.07) is 0. The van der Waals surface area contributed by atoms with E-state index in [0.29, 0.717) is 12.0 Å². The van der Waals surface area contributed by atoms with Crippen molar-refractivity contribution >= 4 is 11.8 Å². The van der Waals surface area contributed by atoms with E-state index in [0.717, 1.165) is 0 Å². The van der Waals surface area contributed by atoms with Gasteiger partial charge in [-0.3, -0.25) is 9.59 Å². The molecule has 18 heavy (non-hydrogen) atoms. The van der Waals surface area contributed by atoms with Crippen LogP contribution in [-0.4, -0.2) is 44.8 Å². The zero-order chi connectivity index (χ0) is 13.8. The van der Waals surface area contributed by atoms with Gasteiger partial charge in [-0.25, -0.2) is 0 Å². The molecule has 0 aliphatic heterocycles. The zero-order valence-corrected chi connectivity index (χ0v) is 10.1. The second-order valence-electron chi connectivity index (χ2n) is 5.21. The number of ketones is 1. The van der Waals surface area contributed by atoms with Crippen LogP contribution in [0.3, 0.4) is 0 Å². The summed E-state index contributed by atoms with van der Waals surface area (Å²) in [7, 11) is 0. The molecule has 0 saturated heterocycles. The molecule has 2 aliphatic rings. The van der Waals surface area contributed by atoms with Gasteiger partial charge in [0, 0.05) is 12.0 Å². The Balaban J connectivity index is 2.45. The summed E-state index contributed by atoms with van der Waals surface area (Å²) < 4.78 is 0. The van der Waals surface area contributed by atoms with Crippen molar-refractivity contribution in [3.63, 3.8) is 0 Å². The Labute approximate surface area is 104 Å². The summed E-state index contributed by atoms with van der Waals surface area (Å²) in [5.41, 5.74) is 0.995. The Morgan fingerprint density at radius 2 is 2.11 bits per heavy atom. The van der Waals surface area contributed by atoms with Gasteiger partial charge in [0.15, 0.2) is 11.4 Å². The second kappa shape index (κ2) is 3.63. The van der Waals surface area contributed by atoms with Crippen LogP contribution in [0.25, 0.3) is 0 Å². The molecule has 6 heteroatoms. The van der Waals surface area contributed by atoms with E-state index in [1.54, 1.807) is 6.92 Å². The molecule has 0 aromatic carbocycles. The van der Waals surface area contributed by atoms with Crippen LogP contribution in [0, 0.1) is 5.41 Å². The molecule has 3 atom stereocenters. The van der Waals surface area contributed by atoms with Crippen molar-refractivity contribution in [2.75, 3.05) is 6.54 Å². The first kappa shape index (κ1) is 13.2. The lowest BCUT2D eigenvalue weighted by Crippen LogP contribution is -2.77. The molecular formula is C12H17NO5. The SMILES string of the molecule is CCC1=C[C@@]2(O)[C@@](CN)(CC(=O)O)C[C@@]2(O)C1=O. The van der Waals surface area contributed by atoms with Gasteiger partial charge in [0.2, 0.25) is 0 Å². The molecular weight excluding hydrogens is 238 g/mol. The van der Waals surface area contributed by atoms with Gasteiger partial charge in [-0.1, -0.05) is 6.92 Å². The Kier molecular flexibility index (Phi) is 2.66. The number of hydrogen-bond donors (Lipinski definition) is 4. The molecule has 0 radical (unpaired) electrons. The third kappa shape index (κ3) is 1.23. The number of aliphatic hydroxyl groups is 2. The van der Waals surface area contributed by atoms with E-state index >= 15 is 0 Å². The number of hydrogen-bond acceptors (Lipinski definition) is 5. The highest BCUT2D eigenvalue weighted by molar-refractivity contribution is 6.08. The Morgan fingerprint density at radius 3 is 2.56 bits per heavy atom. The Morgan fingerprint density at radius 1 is 1.50 bits per heavy atom. The van der Waals surface area contributed by atoms with Crippen molar-refractivity contribution in [2.45, 2.75) is 37.4 Å². The van der Waals surface area contributed by atoms with E-state index in [9.17, 15) is 19.8 Å². The van der Waals surface area contributed by atoms with E-state index in [1.807, 2.05) is 0 Å². The number of carboxylic acid groups (broad SMARTS) is 1. The molecule has 0 aromatic heterocycles. The average Bonchev–Trinajstić information content (AvgIpc) is 2.46. The Bertz CT molecular complexity index is 459. The van der Waals surface area contributed by atoms with E-state index in [1.165, 1.54) is 6.08 Å². The molecule has 2 aliphatic carbocycles. The first-order valence-corrected chi connectivity index (χ1v) is 5.89. The molecule has 1 saturated carbocycles. The number of rotatable bonds is 4. The molecule has 6 nitrogen and oxygen atoms in total. The number of carboxylic acids is 1. The van der Waals surface area contributed by atoms with E-state index in [2.05, 4.69) is 0 Å². The fraction of sp³-hybridized carbons (Fsp3) is 0.667. The molecule has 100 valence electrons. The van der Waals surface area contributed by atoms with Crippen LogP contribution in [0.5, 0.6) is 0 Å². The largest absolute Gasteiger partial charge is 0.481 e. The van der Waals surface area contributed by atoms with Crippen molar-refractivity contribution in [3.05, 3.63) is 11.6 Å². The molecule has 1 fully saturated rings. The quantitative estimate of drug-likeness (QED) is 0.521. The van der Waals surface area contributed by atoms with Crippen molar-refractivity contribution in [2.24, 2.45) is 11.1 Å². The highest BCUT2D eigenvalue weighted by Crippen LogP contribution is 2.63. The Hall–Kier alpha value is -1.24. The summed E-state index contributed by atoms with van der Waals surface area (Å²) >= 11 is 0. The van der Waals surface area contributed by atoms with Crippen molar-refractivity contribution < 1.29 is 24.9 Å². The van der Waals surface area contributed by atoms with Gasteiger partial charge in [-0.2, -0.15) is 0 Å². The maximum atomic E-state index is 11.9. The van der Waals surface area contributed by atoms with Crippen LogP contribution in [-0.2, 0) is 9.59 Å². The fourth-order valence-electron chi connectivity index (χ4n) is 3.25. The van der Waals surface area contributed by atoms with Crippen molar-refractivity contribution in [1.82, 2.24) is 0 Å². The minimum absolute atomic E-state index is 0.0983. The van der Waals surface area contributed by atoms with Gasteiger partial charge in [-0.05, 0) is 24.5 Å². The normalized spacial score (nSPS) is 42.2. The predicted octanol–water partition coefficient (Wildman–Crippen LogP) is -0.809. The first-order chi connectivity index (χ1) is 8.26. The van der Waals surface area contributed by atoms with Gasteiger partial charge >= 0.3 is 5.97 Å². The monoisotopic (exact) mass is 255 g/mol. The summed E-state index contributed by atoms with van der Waals surface area (Å²) in [4.78, 5) is 22.8. The second-order valence-corrected chi connectivity index (χ2v) is 5.21. The average molecular weight is 255 g/mol. The summed E-state index contributed by atoms with van der Waals surface area (Å²) in [6.07, 6.45) is 1.20. The molecule has 5 N–H and O–H groups in total. The van der Waals surface area contributed by atoms with Gasteiger partial charge in [0.05, 0.1) is 6.42 Å². The van der Waals surface area contributed by atoms with Crippen LogP contribution < -0.4 is 5.73 Å². The molecule has 0 amide bonds. The first-order valence-electron chi connectivity index (χ1n) is 5.89. The summed E-state index contributed by atoms with van der Waals surface area (Å²) in [5, 5.41) is 29.7. The lowest BCUT2D eigenvalue weighted by molar-refractivity contribution is -0.261. The van der Waals surface area contributed by atoms with Gasteiger partial charge in [-0.15, -0.1) is 0 Å². The fourth-order valence-corrected chi connectivity index (χ4v) is 3.25. The molecule has 0 bridgehead atoms. The van der Waals surface area contributed by atoms with Gasteiger partial charge in [0.25, 0.3) is 0 Å². The smallest absolute Gasteiger partial charge is 0.304 e. The van der Waals surface area contributed by atoms with Crippen LogP contribution in [0.1, 0.15) is 26.2 Å². The highest BCUT2D eigenvalue weighted by atomic mass is 16.4. The highest BCUT2D eigenvalue weighted by Gasteiger charge is 2.77. The van der Waals surface area contributed by atoms with Crippen LogP contribution in [0.2, 0.25) is 0 Å². The van der Waals surface area contributed by atoms with Crippen molar-refractivity contribution in [1.29, 1.82) is 0 Å². The maximum absolute atomic E-state index is 11.9. The lowest BCUT2D eigenvalue weighted by Gasteiger charge is -2.61. The molecule has 2 rings (SSSR count). The van der Waals surface area contributed by atoms with Crippen LogP contribution >= 0.6 is 0 Å². The molecule has 0 aromatic rings. The number of carbonyl (C=O) groups is 2. The van der Waals surface area contributed by atoms with Crippen LogP contribution in [0.15, 0.2) is 11.6 Å². The molecule has 0 spiro atoms. The molecule has 0 heterocycles. The standard InChI is InChI=1S/C12H17NO5/c1-2-7-3-12(18)10(6-13,4-8(14)15)5-11(12,17)9(7)16/h3,17-18H,2,4-6,13H2,1H3,(H,14,15)/t10-,11+,12+/m0/s1. The summed E-state index contributed by atoms with van der Waals surface area (Å²) in [6.45, 7) is 1.64.